The number of fused-ring (bicyclic) bond motifs is 3. The van der Waals surface area contributed by atoms with Gasteiger partial charge in [-0.3, -0.25) is 4.79 Å². The molecule has 0 radical (unpaired) electrons. The zero-order chi connectivity index (χ0) is 17.6. The SMILES string of the molecule is CC1CC(c2c(C#N)ccc3[nH]c(=O)c4sccc4c23)=CC=C1CN. The Balaban J connectivity index is 2.11. The Morgan fingerprint density at radius 2 is 2.20 bits per heavy atom. The van der Waals surface area contributed by atoms with Crippen LogP contribution in [0.2, 0.25) is 0 Å². The minimum atomic E-state index is -0.0792. The lowest BCUT2D eigenvalue weighted by molar-refractivity contribution is 0.681. The molecule has 0 amide bonds. The summed E-state index contributed by atoms with van der Waals surface area (Å²) in [5.41, 5.74) is 10.4. The topological polar surface area (TPSA) is 82.7 Å². The highest BCUT2D eigenvalue weighted by atomic mass is 32.1. The first-order valence-corrected chi connectivity index (χ1v) is 9.08. The van der Waals surface area contributed by atoms with Crippen molar-refractivity contribution < 1.29 is 0 Å². The van der Waals surface area contributed by atoms with Gasteiger partial charge in [0.25, 0.3) is 5.56 Å². The average Bonchev–Trinajstić information content (AvgIpc) is 3.11. The molecule has 1 aromatic carbocycles. The van der Waals surface area contributed by atoms with Crippen LogP contribution in [0, 0.1) is 17.2 Å². The summed E-state index contributed by atoms with van der Waals surface area (Å²) < 4.78 is 0.700. The number of nitrogens with one attached hydrogen (secondary N) is 1. The molecule has 0 saturated heterocycles. The van der Waals surface area contributed by atoms with Crippen LogP contribution >= 0.6 is 11.3 Å². The van der Waals surface area contributed by atoms with Crippen LogP contribution in [-0.4, -0.2) is 11.5 Å². The Bertz CT molecular complexity index is 1160. The quantitative estimate of drug-likeness (QED) is 0.737. The fourth-order valence-electron chi connectivity index (χ4n) is 3.63. The monoisotopic (exact) mass is 347 g/mol. The Morgan fingerprint density at radius 3 is 2.92 bits per heavy atom. The van der Waals surface area contributed by atoms with Crippen LogP contribution in [0.1, 0.15) is 24.5 Å². The van der Waals surface area contributed by atoms with Crippen molar-refractivity contribution in [2.45, 2.75) is 13.3 Å². The van der Waals surface area contributed by atoms with Crippen LogP contribution in [0.4, 0.5) is 0 Å². The normalized spacial score (nSPS) is 17.4. The van der Waals surface area contributed by atoms with Gasteiger partial charge >= 0.3 is 0 Å². The van der Waals surface area contributed by atoms with Crippen LogP contribution in [0.5, 0.6) is 0 Å². The van der Waals surface area contributed by atoms with Crippen molar-refractivity contribution in [3.8, 4) is 6.07 Å². The fourth-order valence-corrected chi connectivity index (χ4v) is 4.43. The standard InChI is InChI=1S/C20H17N3OS/c1-11-8-12(2-3-13(11)9-21)17-14(10-22)4-5-16-18(17)15-6-7-25-19(15)20(24)23-16/h2-7,11H,8-9,21H2,1H3,(H,23,24). The highest BCUT2D eigenvalue weighted by Crippen LogP contribution is 2.38. The van der Waals surface area contributed by atoms with E-state index in [1.165, 1.54) is 16.9 Å². The second-order valence-corrected chi connectivity index (χ2v) is 7.30. The molecule has 0 saturated carbocycles. The van der Waals surface area contributed by atoms with E-state index in [2.05, 4.69) is 30.1 Å². The number of nitriles is 1. The van der Waals surface area contributed by atoms with Crippen LogP contribution in [-0.2, 0) is 0 Å². The number of nitrogens with two attached hydrogens (primary N) is 1. The van der Waals surface area contributed by atoms with Gasteiger partial charge < -0.3 is 10.7 Å². The molecule has 0 bridgehead atoms. The summed E-state index contributed by atoms with van der Waals surface area (Å²) in [7, 11) is 0. The summed E-state index contributed by atoms with van der Waals surface area (Å²) in [6.07, 6.45) is 4.97. The third-order valence-corrected chi connectivity index (χ3v) is 5.84. The number of H-pyrrole nitrogens is 1. The molecular weight excluding hydrogens is 330 g/mol. The maximum absolute atomic E-state index is 12.3. The summed E-state index contributed by atoms with van der Waals surface area (Å²) in [6, 6.07) is 7.90. The third kappa shape index (κ3) is 2.42. The van der Waals surface area contributed by atoms with E-state index in [4.69, 9.17) is 5.73 Å². The van der Waals surface area contributed by atoms with Crippen LogP contribution in [0.25, 0.3) is 26.6 Å². The zero-order valence-electron chi connectivity index (χ0n) is 13.8. The van der Waals surface area contributed by atoms with E-state index in [9.17, 15) is 10.1 Å². The van der Waals surface area contributed by atoms with E-state index < -0.39 is 0 Å². The Hall–Kier alpha value is -2.68. The van der Waals surface area contributed by atoms with E-state index in [-0.39, 0.29) is 5.56 Å². The Morgan fingerprint density at radius 1 is 1.36 bits per heavy atom. The highest BCUT2D eigenvalue weighted by molar-refractivity contribution is 7.17. The molecule has 4 nitrogen and oxygen atoms in total. The van der Waals surface area contributed by atoms with E-state index in [0.717, 1.165) is 33.8 Å². The van der Waals surface area contributed by atoms with Crippen molar-refractivity contribution in [1.29, 1.82) is 5.26 Å². The molecule has 124 valence electrons. The summed E-state index contributed by atoms with van der Waals surface area (Å²) >= 11 is 1.43. The molecule has 0 spiro atoms. The van der Waals surface area contributed by atoms with Crippen molar-refractivity contribution in [3.63, 3.8) is 0 Å². The molecule has 25 heavy (non-hydrogen) atoms. The molecule has 0 fully saturated rings. The number of rotatable bonds is 2. The van der Waals surface area contributed by atoms with Crippen LogP contribution < -0.4 is 11.3 Å². The van der Waals surface area contributed by atoms with E-state index in [0.29, 0.717) is 22.7 Å². The predicted octanol–water partition coefficient (Wildman–Crippen LogP) is 3.92. The lowest BCUT2D eigenvalue weighted by Crippen LogP contribution is -2.14. The first kappa shape index (κ1) is 15.8. The number of thiophene rings is 1. The molecule has 4 rings (SSSR count). The molecule has 1 atom stereocenters. The lowest BCUT2D eigenvalue weighted by Gasteiger charge is -2.22. The van der Waals surface area contributed by atoms with Crippen molar-refractivity contribution in [2.75, 3.05) is 6.54 Å². The third-order valence-electron chi connectivity index (χ3n) is 4.93. The first-order chi connectivity index (χ1) is 12.1. The fraction of sp³-hybridized carbons (Fsp3) is 0.200. The molecular formula is C20H17N3OS. The molecule has 1 unspecified atom stereocenters. The number of benzene rings is 1. The summed E-state index contributed by atoms with van der Waals surface area (Å²) in [6.45, 7) is 2.71. The summed E-state index contributed by atoms with van der Waals surface area (Å²) in [4.78, 5) is 15.2. The second kappa shape index (κ2) is 5.99. The van der Waals surface area contributed by atoms with E-state index in [1.807, 2.05) is 17.5 Å². The Labute approximate surface area is 148 Å². The predicted molar refractivity (Wildman–Crippen MR) is 104 cm³/mol. The van der Waals surface area contributed by atoms with Gasteiger partial charge in [0, 0.05) is 28.4 Å². The van der Waals surface area contributed by atoms with E-state index in [1.54, 1.807) is 6.07 Å². The molecule has 3 aromatic rings. The maximum Gasteiger partial charge on any atom is 0.266 e. The minimum absolute atomic E-state index is 0.0792. The first-order valence-electron chi connectivity index (χ1n) is 8.20. The van der Waals surface area contributed by atoms with Crippen molar-refractivity contribution >= 4 is 37.9 Å². The Kier molecular flexibility index (Phi) is 3.79. The molecule has 5 heteroatoms. The number of hydrogen-bond donors (Lipinski definition) is 2. The number of nitrogens with zero attached hydrogens (tertiary/aromatic N) is 1. The highest BCUT2D eigenvalue weighted by Gasteiger charge is 2.21. The second-order valence-electron chi connectivity index (χ2n) is 6.38. The molecule has 2 heterocycles. The van der Waals surface area contributed by atoms with Gasteiger partial charge in [-0.05, 0) is 41.5 Å². The lowest BCUT2D eigenvalue weighted by atomic mass is 9.82. The zero-order valence-corrected chi connectivity index (χ0v) is 14.6. The van der Waals surface area contributed by atoms with Crippen LogP contribution in [0.3, 0.4) is 0 Å². The van der Waals surface area contributed by atoms with Gasteiger partial charge in [-0.2, -0.15) is 5.26 Å². The average molecular weight is 347 g/mol. The maximum atomic E-state index is 12.3. The van der Waals surface area contributed by atoms with Gasteiger partial charge in [-0.15, -0.1) is 11.3 Å². The van der Waals surface area contributed by atoms with Crippen molar-refractivity contribution in [2.24, 2.45) is 11.7 Å². The molecule has 1 aliphatic rings. The molecule has 3 N–H and O–H groups in total. The number of aromatic amines is 1. The summed E-state index contributed by atoms with van der Waals surface area (Å²) in [5, 5.41) is 13.5. The number of hydrogen-bond acceptors (Lipinski definition) is 4. The van der Waals surface area contributed by atoms with Gasteiger partial charge in [0.1, 0.15) is 4.70 Å². The van der Waals surface area contributed by atoms with Gasteiger partial charge in [0.2, 0.25) is 0 Å². The smallest absolute Gasteiger partial charge is 0.266 e. The number of pyridine rings is 1. The van der Waals surface area contributed by atoms with E-state index >= 15 is 0 Å². The van der Waals surface area contributed by atoms with Gasteiger partial charge in [0.05, 0.1) is 11.6 Å². The van der Waals surface area contributed by atoms with Gasteiger partial charge in [0.15, 0.2) is 0 Å². The molecule has 2 aromatic heterocycles. The minimum Gasteiger partial charge on any atom is -0.327 e. The van der Waals surface area contributed by atoms with Crippen molar-refractivity contribution in [3.05, 3.63) is 62.8 Å². The molecule has 0 aliphatic heterocycles. The van der Waals surface area contributed by atoms with Crippen molar-refractivity contribution in [1.82, 2.24) is 4.98 Å². The molecule has 1 aliphatic carbocycles. The van der Waals surface area contributed by atoms with Gasteiger partial charge in [-0.25, -0.2) is 0 Å². The summed E-state index contributed by atoms with van der Waals surface area (Å²) in [5.74, 6) is 0.340. The van der Waals surface area contributed by atoms with Crippen LogP contribution in [0.15, 0.2) is 46.1 Å². The number of aromatic nitrogens is 1. The number of allylic oxidation sites excluding steroid dienone is 3. The van der Waals surface area contributed by atoms with Gasteiger partial charge in [-0.1, -0.05) is 24.6 Å². The largest absolute Gasteiger partial charge is 0.327 e.